The van der Waals surface area contributed by atoms with Crippen molar-refractivity contribution in [1.29, 1.82) is 0 Å². The molecule has 2 aliphatic rings. The highest BCUT2D eigenvalue weighted by Gasteiger charge is 2.44. The quantitative estimate of drug-likeness (QED) is 0.376. The third-order valence-corrected chi connectivity index (χ3v) is 9.94. The summed E-state index contributed by atoms with van der Waals surface area (Å²) in [4.78, 5) is 24.0. The number of aromatic nitrogens is 2. The van der Waals surface area contributed by atoms with Crippen LogP contribution < -0.4 is 20.8 Å². The van der Waals surface area contributed by atoms with E-state index >= 15 is 0 Å². The Morgan fingerprint density at radius 2 is 1.80 bits per heavy atom. The fourth-order valence-electron chi connectivity index (χ4n) is 6.15. The number of amides is 1. The van der Waals surface area contributed by atoms with E-state index in [0.29, 0.717) is 47.7 Å². The zero-order chi connectivity index (χ0) is 29.0. The van der Waals surface area contributed by atoms with E-state index in [1.165, 1.54) is 13.0 Å². The van der Waals surface area contributed by atoms with Gasteiger partial charge in [0.25, 0.3) is 0 Å². The Labute approximate surface area is 232 Å². The normalized spacial score (nSPS) is 18.3. The summed E-state index contributed by atoms with van der Waals surface area (Å²) in [5.74, 6) is 1.12. The first-order valence-corrected chi connectivity index (χ1v) is 16.1. The van der Waals surface area contributed by atoms with Crippen LogP contribution in [0, 0.1) is 19.3 Å². The van der Waals surface area contributed by atoms with Crippen molar-refractivity contribution < 1.29 is 22.5 Å². The molecule has 5 rings (SSSR count). The van der Waals surface area contributed by atoms with Crippen molar-refractivity contribution in [2.24, 2.45) is 5.41 Å². The fourth-order valence-corrected chi connectivity index (χ4v) is 7.34. The molecule has 2 aliphatic heterocycles. The van der Waals surface area contributed by atoms with Gasteiger partial charge in [-0.05, 0) is 82.7 Å². The van der Waals surface area contributed by atoms with E-state index in [4.69, 9.17) is 0 Å². The SMILES string of the molecule is Cc1nc(NC(C)c2cccc(C(F)(F)F)c2C)c2cc(N3CCC4(CCNC4=O)CC3)c(P(C)(C)=O)cc2n1. The fraction of sp³-hybridized carbons (Fsp3) is 0.483. The predicted octanol–water partition coefficient (Wildman–Crippen LogP) is 5.79. The lowest BCUT2D eigenvalue weighted by atomic mass is 9.77. The van der Waals surface area contributed by atoms with Gasteiger partial charge in [-0.2, -0.15) is 13.2 Å². The van der Waals surface area contributed by atoms with Gasteiger partial charge in [0.2, 0.25) is 5.91 Å². The smallest absolute Gasteiger partial charge is 0.371 e. The van der Waals surface area contributed by atoms with Gasteiger partial charge in [0.1, 0.15) is 18.8 Å². The van der Waals surface area contributed by atoms with Gasteiger partial charge in [-0.15, -0.1) is 0 Å². The van der Waals surface area contributed by atoms with Crippen LogP contribution in [0.2, 0.25) is 0 Å². The Kier molecular flexibility index (Phi) is 7.14. The van der Waals surface area contributed by atoms with Gasteiger partial charge in [-0.25, -0.2) is 9.97 Å². The topological polar surface area (TPSA) is 87.2 Å². The molecule has 2 aromatic carbocycles. The van der Waals surface area contributed by atoms with Crippen molar-refractivity contribution in [3.8, 4) is 0 Å². The highest BCUT2D eigenvalue weighted by atomic mass is 31.2. The average Bonchev–Trinajstić information content (AvgIpc) is 3.21. The minimum Gasteiger partial charge on any atom is -0.371 e. The van der Waals surface area contributed by atoms with Crippen LogP contribution in [0.25, 0.3) is 10.9 Å². The first-order valence-electron chi connectivity index (χ1n) is 13.5. The molecule has 3 heterocycles. The van der Waals surface area contributed by atoms with E-state index in [-0.39, 0.29) is 16.9 Å². The maximum absolute atomic E-state index is 13.6. The van der Waals surface area contributed by atoms with E-state index in [1.54, 1.807) is 26.3 Å². The molecule has 11 heteroatoms. The van der Waals surface area contributed by atoms with E-state index in [9.17, 15) is 22.5 Å². The number of anilines is 2. The van der Waals surface area contributed by atoms with Crippen LogP contribution in [0.4, 0.5) is 24.7 Å². The van der Waals surface area contributed by atoms with Crippen LogP contribution in [0.1, 0.15) is 54.7 Å². The summed E-state index contributed by atoms with van der Waals surface area (Å²) < 4.78 is 54.2. The van der Waals surface area contributed by atoms with E-state index in [2.05, 4.69) is 25.5 Å². The lowest BCUT2D eigenvalue weighted by Gasteiger charge is -2.39. The number of carbonyl (C=O) groups excluding carboxylic acids is 1. The minimum absolute atomic E-state index is 0.122. The van der Waals surface area contributed by atoms with Crippen LogP contribution >= 0.6 is 7.14 Å². The van der Waals surface area contributed by atoms with E-state index < -0.39 is 24.9 Å². The van der Waals surface area contributed by atoms with Crippen molar-refractivity contribution in [2.75, 3.05) is 43.2 Å². The van der Waals surface area contributed by atoms with Crippen molar-refractivity contribution >= 4 is 40.8 Å². The van der Waals surface area contributed by atoms with Gasteiger partial charge in [0, 0.05) is 36.0 Å². The average molecular weight is 574 g/mol. The Bertz CT molecular complexity index is 1530. The second-order valence-corrected chi connectivity index (χ2v) is 14.7. The number of benzene rings is 2. The standard InChI is InChI=1S/C29H35F3N5O2P/c1-17-20(7-6-8-22(17)29(30,31)32)18(2)34-26-21-15-24(25(40(4,5)39)16-23(21)35-19(3)36-26)37-13-10-28(11-14-37)9-12-33-27(28)38/h6-8,15-16,18H,9-14H2,1-5H3,(H,33,38)(H,34,35,36). The summed E-state index contributed by atoms with van der Waals surface area (Å²) in [5.41, 5.74) is 1.15. The van der Waals surface area contributed by atoms with Crippen molar-refractivity contribution in [2.45, 2.75) is 52.3 Å². The number of rotatable bonds is 5. The molecule has 1 amide bonds. The number of carbonyl (C=O) groups is 1. The monoisotopic (exact) mass is 573 g/mol. The number of alkyl halides is 3. The molecule has 2 fully saturated rings. The number of fused-ring (bicyclic) bond motifs is 1. The summed E-state index contributed by atoms with van der Waals surface area (Å²) >= 11 is 0. The predicted molar refractivity (Wildman–Crippen MR) is 153 cm³/mol. The zero-order valence-corrected chi connectivity index (χ0v) is 24.3. The van der Waals surface area contributed by atoms with Crippen LogP contribution in [0.15, 0.2) is 30.3 Å². The Hall–Kier alpha value is -3.13. The second kappa shape index (κ2) is 10.1. The molecule has 1 atom stereocenters. The molecule has 214 valence electrons. The number of halogens is 3. The molecule has 0 saturated carbocycles. The van der Waals surface area contributed by atoms with Gasteiger partial charge < -0.3 is 20.1 Å². The first kappa shape index (κ1) is 28.4. The van der Waals surface area contributed by atoms with Crippen LogP contribution in [0.3, 0.4) is 0 Å². The molecule has 2 N–H and O–H groups in total. The number of hydrogen-bond donors (Lipinski definition) is 2. The molecule has 0 bridgehead atoms. The van der Waals surface area contributed by atoms with E-state index in [1.807, 2.05) is 19.1 Å². The molecule has 3 aromatic rings. The summed E-state index contributed by atoms with van der Waals surface area (Å²) in [5, 5.41) is 7.72. The lowest BCUT2D eigenvalue weighted by molar-refractivity contribution is -0.138. The van der Waals surface area contributed by atoms with Crippen molar-refractivity contribution in [1.82, 2.24) is 15.3 Å². The molecule has 7 nitrogen and oxygen atoms in total. The molecule has 1 spiro atoms. The van der Waals surface area contributed by atoms with Crippen LogP contribution in [0.5, 0.6) is 0 Å². The highest BCUT2D eigenvalue weighted by molar-refractivity contribution is 7.70. The Balaban J connectivity index is 1.55. The van der Waals surface area contributed by atoms with Gasteiger partial charge in [-0.3, -0.25) is 4.79 Å². The Morgan fingerprint density at radius 3 is 2.40 bits per heavy atom. The van der Waals surface area contributed by atoms with E-state index in [0.717, 1.165) is 36.3 Å². The molecule has 1 aromatic heterocycles. The number of nitrogens with zero attached hydrogens (tertiary/aromatic N) is 3. The number of hydrogen-bond acceptors (Lipinski definition) is 6. The highest BCUT2D eigenvalue weighted by Crippen LogP contribution is 2.44. The zero-order valence-electron chi connectivity index (χ0n) is 23.4. The summed E-state index contributed by atoms with van der Waals surface area (Å²) in [6, 6.07) is 7.54. The minimum atomic E-state index is -4.44. The van der Waals surface area contributed by atoms with Gasteiger partial charge in [0.05, 0.1) is 22.5 Å². The van der Waals surface area contributed by atoms with Gasteiger partial charge in [-0.1, -0.05) is 12.1 Å². The molecule has 0 aliphatic carbocycles. The number of piperidine rings is 1. The second-order valence-electron chi connectivity index (χ2n) is 11.5. The maximum Gasteiger partial charge on any atom is 0.416 e. The maximum atomic E-state index is 13.6. The first-order chi connectivity index (χ1) is 18.7. The van der Waals surface area contributed by atoms with Crippen LogP contribution in [-0.4, -0.2) is 48.8 Å². The molecule has 40 heavy (non-hydrogen) atoms. The van der Waals surface area contributed by atoms with Crippen LogP contribution in [-0.2, 0) is 15.5 Å². The van der Waals surface area contributed by atoms with Crippen molar-refractivity contribution in [3.05, 3.63) is 52.8 Å². The lowest BCUT2D eigenvalue weighted by Crippen LogP contribution is -2.45. The third-order valence-electron chi connectivity index (χ3n) is 8.42. The van der Waals surface area contributed by atoms with Gasteiger partial charge >= 0.3 is 6.18 Å². The van der Waals surface area contributed by atoms with Crippen molar-refractivity contribution in [3.63, 3.8) is 0 Å². The number of nitrogens with one attached hydrogen (secondary N) is 2. The Morgan fingerprint density at radius 1 is 1.10 bits per heavy atom. The molecule has 1 unspecified atom stereocenters. The summed E-state index contributed by atoms with van der Waals surface area (Å²) in [7, 11) is -2.71. The molecular formula is C29H35F3N5O2P. The third kappa shape index (κ3) is 5.18. The molecule has 2 saturated heterocycles. The summed E-state index contributed by atoms with van der Waals surface area (Å²) in [6.45, 7) is 10.5. The molecular weight excluding hydrogens is 538 g/mol. The molecule has 0 radical (unpaired) electrons. The number of aryl methyl sites for hydroxylation is 1. The summed E-state index contributed by atoms with van der Waals surface area (Å²) in [6.07, 6.45) is -2.17. The largest absolute Gasteiger partial charge is 0.416 e. The van der Waals surface area contributed by atoms with Gasteiger partial charge in [0.15, 0.2) is 0 Å².